The summed E-state index contributed by atoms with van der Waals surface area (Å²) in [5.74, 6) is 0.368. The van der Waals surface area contributed by atoms with E-state index in [-0.39, 0.29) is 17.2 Å². The predicted molar refractivity (Wildman–Crippen MR) is 85.5 cm³/mol. The van der Waals surface area contributed by atoms with Crippen molar-refractivity contribution >= 4 is 16.7 Å². The van der Waals surface area contributed by atoms with E-state index >= 15 is 0 Å². The van der Waals surface area contributed by atoms with Crippen LogP contribution >= 0.6 is 0 Å². The van der Waals surface area contributed by atoms with Crippen molar-refractivity contribution in [1.29, 1.82) is 0 Å². The van der Waals surface area contributed by atoms with Gasteiger partial charge >= 0.3 is 5.63 Å². The average Bonchev–Trinajstić information content (AvgIpc) is 3.40. The van der Waals surface area contributed by atoms with E-state index < -0.39 is 5.63 Å². The first-order valence-electron chi connectivity index (χ1n) is 8.02. The van der Waals surface area contributed by atoms with E-state index in [1.54, 1.807) is 18.2 Å². The molecular formula is C18H19NO4. The van der Waals surface area contributed by atoms with Crippen LogP contribution in [0.15, 0.2) is 39.5 Å². The van der Waals surface area contributed by atoms with Gasteiger partial charge in [-0.3, -0.25) is 4.79 Å². The van der Waals surface area contributed by atoms with Crippen molar-refractivity contribution in [3.05, 3.63) is 46.5 Å². The van der Waals surface area contributed by atoms with E-state index in [0.717, 1.165) is 18.2 Å². The molecule has 1 saturated heterocycles. The van der Waals surface area contributed by atoms with Crippen LogP contribution in [0, 0.1) is 5.92 Å². The minimum atomic E-state index is -0.465. The zero-order valence-corrected chi connectivity index (χ0v) is 13.1. The molecule has 5 heteroatoms. The third-order valence-electron chi connectivity index (χ3n) is 5.05. The lowest BCUT2D eigenvalue weighted by Gasteiger charge is -2.44. The SMILES string of the molecule is CC1(C2CC2)COCCN1C(=O)c1cc2ccccc2c(=O)o1. The molecule has 2 fully saturated rings. The van der Waals surface area contributed by atoms with E-state index in [9.17, 15) is 9.59 Å². The molecule has 1 amide bonds. The summed E-state index contributed by atoms with van der Waals surface area (Å²) in [4.78, 5) is 26.9. The van der Waals surface area contributed by atoms with Crippen molar-refractivity contribution < 1.29 is 13.9 Å². The Bertz CT molecular complexity index is 823. The summed E-state index contributed by atoms with van der Waals surface area (Å²) in [7, 11) is 0. The largest absolute Gasteiger partial charge is 0.417 e. The van der Waals surface area contributed by atoms with Crippen molar-refractivity contribution in [2.45, 2.75) is 25.3 Å². The van der Waals surface area contributed by atoms with Crippen molar-refractivity contribution in [1.82, 2.24) is 4.90 Å². The number of fused-ring (bicyclic) bond motifs is 1. The molecule has 23 heavy (non-hydrogen) atoms. The molecule has 1 saturated carbocycles. The average molecular weight is 313 g/mol. The van der Waals surface area contributed by atoms with Crippen LogP contribution in [0.4, 0.5) is 0 Å². The smallest absolute Gasteiger partial charge is 0.344 e. The Morgan fingerprint density at radius 3 is 2.87 bits per heavy atom. The van der Waals surface area contributed by atoms with Gasteiger partial charge in [0.15, 0.2) is 5.76 Å². The molecule has 0 spiro atoms. The Morgan fingerprint density at radius 1 is 1.30 bits per heavy atom. The molecule has 0 N–H and O–H groups in total. The summed E-state index contributed by atoms with van der Waals surface area (Å²) in [5.41, 5.74) is -0.771. The minimum absolute atomic E-state index is 0.113. The molecule has 1 unspecified atom stereocenters. The lowest BCUT2D eigenvalue weighted by atomic mass is 9.92. The van der Waals surface area contributed by atoms with E-state index in [4.69, 9.17) is 9.15 Å². The Labute approximate surface area is 133 Å². The van der Waals surface area contributed by atoms with Gasteiger partial charge in [-0.25, -0.2) is 4.79 Å². The monoisotopic (exact) mass is 313 g/mol. The molecule has 120 valence electrons. The van der Waals surface area contributed by atoms with Crippen LogP contribution in [-0.4, -0.2) is 36.1 Å². The molecule has 1 aliphatic heterocycles. The number of hydrogen-bond acceptors (Lipinski definition) is 4. The zero-order valence-electron chi connectivity index (χ0n) is 13.1. The van der Waals surface area contributed by atoms with Gasteiger partial charge in [-0.05, 0) is 43.2 Å². The lowest BCUT2D eigenvalue weighted by Crippen LogP contribution is -2.58. The number of nitrogens with zero attached hydrogens (tertiary/aromatic N) is 1. The van der Waals surface area contributed by atoms with Gasteiger partial charge in [0.2, 0.25) is 0 Å². The Hall–Kier alpha value is -2.14. The second kappa shape index (κ2) is 5.20. The second-order valence-corrected chi connectivity index (χ2v) is 6.63. The molecule has 2 aromatic rings. The summed E-state index contributed by atoms with van der Waals surface area (Å²) in [6.45, 7) is 3.66. The van der Waals surface area contributed by atoms with Crippen LogP contribution in [0.1, 0.15) is 30.3 Å². The number of carbonyl (C=O) groups is 1. The fraction of sp³-hybridized carbons (Fsp3) is 0.444. The maximum Gasteiger partial charge on any atom is 0.344 e. The normalized spacial score (nSPS) is 24.8. The quantitative estimate of drug-likeness (QED) is 0.854. The number of morpholine rings is 1. The molecule has 0 bridgehead atoms. The standard InChI is InChI=1S/C18H19NO4/c1-18(13-6-7-13)11-22-9-8-19(18)16(20)15-10-12-4-2-3-5-14(12)17(21)23-15/h2-5,10,13H,6-9,11H2,1H3. The molecule has 1 aromatic heterocycles. The molecule has 2 aliphatic rings. The Kier molecular flexibility index (Phi) is 3.27. The van der Waals surface area contributed by atoms with Gasteiger partial charge in [-0.2, -0.15) is 0 Å². The molecule has 0 radical (unpaired) electrons. The third kappa shape index (κ3) is 2.36. The predicted octanol–water partition coefficient (Wildman–Crippen LogP) is 2.43. The molecule has 1 atom stereocenters. The van der Waals surface area contributed by atoms with Crippen LogP contribution in [0.5, 0.6) is 0 Å². The highest BCUT2D eigenvalue weighted by molar-refractivity contribution is 5.95. The molecule has 4 rings (SSSR count). The van der Waals surface area contributed by atoms with E-state index in [1.807, 2.05) is 17.0 Å². The molecule has 2 heterocycles. The highest BCUT2D eigenvalue weighted by atomic mass is 16.5. The first kappa shape index (κ1) is 14.5. The molecule has 1 aliphatic carbocycles. The number of carbonyl (C=O) groups excluding carboxylic acids is 1. The molecular weight excluding hydrogens is 294 g/mol. The Morgan fingerprint density at radius 2 is 2.09 bits per heavy atom. The van der Waals surface area contributed by atoms with Gasteiger partial charge in [0.05, 0.1) is 24.1 Å². The number of benzene rings is 1. The highest BCUT2D eigenvalue weighted by Crippen LogP contribution is 2.44. The summed E-state index contributed by atoms with van der Waals surface area (Å²) in [6, 6.07) is 8.83. The third-order valence-corrected chi connectivity index (χ3v) is 5.05. The highest BCUT2D eigenvalue weighted by Gasteiger charge is 2.49. The zero-order chi connectivity index (χ0) is 16.0. The van der Waals surface area contributed by atoms with Crippen LogP contribution in [0.25, 0.3) is 10.8 Å². The van der Waals surface area contributed by atoms with E-state index in [0.29, 0.717) is 31.1 Å². The number of amides is 1. The van der Waals surface area contributed by atoms with Crippen molar-refractivity contribution in [3.8, 4) is 0 Å². The molecule has 1 aromatic carbocycles. The molecule has 5 nitrogen and oxygen atoms in total. The van der Waals surface area contributed by atoms with E-state index in [1.165, 1.54) is 0 Å². The van der Waals surface area contributed by atoms with Gasteiger partial charge in [0, 0.05) is 6.54 Å². The van der Waals surface area contributed by atoms with Gasteiger partial charge < -0.3 is 14.1 Å². The van der Waals surface area contributed by atoms with Gasteiger partial charge in [-0.15, -0.1) is 0 Å². The summed E-state index contributed by atoms with van der Waals surface area (Å²) < 4.78 is 10.9. The van der Waals surface area contributed by atoms with Gasteiger partial charge in [-0.1, -0.05) is 18.2 Å². The van der Waals surface area contributed by atoms with Gasteiger partial charge in [0.1, 0.15) is 0 Å². The maximum absolute atomic E-state index is 13.0. The fourth-order valence-electron chi connectivity index (χ4n) is 3.52. The second-order valence-electron chi connectivity index (χ2n) is 6.63. The first-order valence-corrected chi connectivity index (χ1v) is 8.02. The van der Waals surface area contributed by atoms with E-state index in [2.05, 4.69) is 6.92 Å². The Balaban J connectivity index is 1.74. The number of ether oxygens (including phenoxy) is 1. The van der Waals surface area contributed by atoms with Crippen molar-refractivity contribution in [2.24, 2.45) is 5.92 Å². The van der Waals surface area contributed by atoms with Crippen LogP contribution in [-0.2, 0) is 4.74 Å². The number of hydrogen-bond donors (Lipinski definition) is 0. The van der Waals surface area contributed by atoms with Crippen LogP contribution in [0.3, 0.4) is 0 Å². The summed E-state index contributed by atoms with van der Waals surface area (Å²) in [6.07, 6.45) is 2.23. The lowest BCUT2D eigenvalue weighted by molar-refractivity contribution is -0.0559. The fourth-order valence-corrected chi connectivity index (χ4v) is 3.52. The van der Waals surface area contributed by atoms with Crippen molar-refractivity contribution in [2.75, 3.05) is 19.8 Å². The van der Waals surface area contributed by atoms with Crippen molar-refractivity contribution in [3.63, 3.8) is 0 Å². The van der Waals surface area contributed by atoms with Crippen LogP contribution in [0.2, 0.25) is 0 Å². The van der Waals surface area contributed by atoms with Crippen LogP contribution < -0.4 is 5.63 Å². The summed E-state index contributed by atoms with van der Waals surface area (Å²) >= 11 is 0. The first-order chi connectivity index (χ1) is 11.1. The van der Waals surface area contributed by atoms with Gasteiger partial charge in [0.25, 0.3) is 5.91 Å². The minimum Gasteiger partial charge on any atom is -0.417 e. The summed E-state index contributed by atoms with van der Waals surface area (Å²) in [5, 5.41) is 1.23. The topological polar surface area (TPSA) is 59.8 Å². The maximum atomic E-state index is 13.0. The number of rotatable bonds is 2.